The minimum atomic E-state index is -0.618. The second-order valence-electron chi connectivity index (χ2n) is 8.78. The quantitative estimate of drug-likeness (QED) is 0.750. The van der Waals surface area contributed by atoms with Gasteiger partial charge >= 0.3 is 12.1 Å². The van der Waals surface area contributed by atoms with E-state index in [0.29, 0.717) is 24.5 Å². The van der Waals surface area contributed by atoms with Crippen molar-refractivity contribution >= 4 is 12.1 Å². The summed E-state index contributed by atoms with van der Waals surface area (Å²) >= 11 is 0. The molecule has 0 spiro atoms. The van der Waals surface area contributed by atoms with Crippen LogP contribution in [0.3, 0.4) is 0 Å². The van der Waals surface area contributed by atoms with Gasteiger partial charge in [0.1, 0.15) is 5.60 Å². The summed E-state index contributed by atoms with van der Waals surface area (Å²) in [5.74, 6) is 0.592. The number of ether oxygens (including phenoxy) is 4. The van der Waals surface area contributed by atoms with E-state index in [1.54, 1.807) is 14.2 Å². The third kappa shape index (κ3) is 4.64. The molecule has 0 radical (unpaired) electrons. The molecule has 0 bridgehead atoms. The average molecular weight is 421 g/mol. The second-order valence-corrected chi connectivity index (χ2v) is 8.78. The van der Waals surface area contributed by atoms with Crippen molar-refractivity contribution in [2.24, 2.45) is 5.92 Å². The van der Waals surface area contributed by atoms with Crippen molar-refractivity contribution in [1.82, 2.24) is 10.2 Å². The molecule has 8 heteroatoms. The number of nitrogens with zero attached hydrogens (tertiary/aromatic N) is 1. The number of methoxy groups -OCH3 is 3. The topological polar surface area (TPSA) is 86.3 Å². The fraction of sp³-hybridized carbons (Fsp3) is 0.636. The lowest BCUT2D eigenvalue weighted by atomic mass is 9.80. The fourth-order valence-corrected chi connectivity index (χ4v) is 4.37. The number of rotatable bonds is 4. The molecule has 2 heterocycles. The van der Waals surface area contributed by atoms with Crippen LogP contribution in [0.25, 0.3) is 0 Å². The van der Waals surface area contributed by atoms with Gasteiger partial charge in [-0.2, -0.15) is 0 Å². The molecule has 8 nitrogen and oxygen atoms in total. The minimum absolute atomic E-state index is 0.0504. The number of fused-ring (bicyclic) bond motifs is 3. The highest BCUT2D eigenvalue weighted by Crippen LogP contribution is 2.43. The van der Waals surface area contributed by atoms with Crippen LogP contribution in [0.4, 0.5) is 4.79 Å². The molecule has 0 aliphatic carbocycles. The van der Waals surface area contributed by atoms with Gasteiger partial charge in [-0.3, -0.25) is 9.69 Å². The van der Waals surface area contributed by atoms with E-state index >= 15 is 0 Å². The summed E-state index contributed by atoms with van der Waals surface area (Å²) in [5.41, 5.74) is 1.71. The van der Waals surface area contributed by atoms with Gasteiger partial charge in [-0.25, -0.2) is 4.79 Å². The molecule has 1 aromatic carbocycles. The van der Waals surface area contributed by atoms with Crippen LogP contribution < -0.4 is 14.8 Å². The normalized spacial score (nSPS) is 23.6. The number of alkyl carbamates (subject to hydrolysis) is 1. The third-order valence-corrected chi connectivity index (χ3v) is 5.71. The number of piperidine rings is 1. The Bertz CT molecular complexity index is 804. The van der Waals surface area contributed by atoms with Gasteiger partial charge in [0.15, 0.2) is 11.5 Å². The smallest absolute Gasteiger partial charge is 0.407 e. The first-order chi connectivity index (χ1) is 14.2. The Morgan fingerprint density at radius 2 is 1.77 bits per heavy atom. The highest BCUT2D eigenvalue weighted by atomic mass is 16.6. The molecule has 1 saturated heterocycles. The molecule has 3 unspecified atom stereocenters. The van der Waals surface area contributed by atoms with Crippen LogP contribution >= 0.6 is 0 Å². The van der Waals surface area contributed by atoms with Gasteiger partial charge in [-0.1, -0.05) is 0 Å². The molecule has 2 aliphatic heterocycles. The summed E-state index contributed by atoms with van der Waals surface area (Å²) in [4.78, 5) is 27.2. The largest absolute Gasteiger partial charge is 0.493 e. The Labute approximate surface area is 177 Å². The van der Waals surface area contributed by atoms with E-state index in [-0.39, 0.29) is 12.0 Å². The van der Waals surface area contributed by atoms with Crippen molar-refractivity contribution in [2.75, 3.05) is 34.4 Å². The number of benzene rings is 1. The van der Waals surface area contributed by atoms with Gasteiger partial charge in [-0.15, -0.1) is 0 Å². The Kier molecular flexibility index (Phi) is 6.45. The molecular formula is C22H32N2O6. The van der Waals surface area contributed by atoms with E-state index < -0.39 is 23.7 Å². The lowest BCUT2D eigenvalue weighted by Gasteiger charge is -2.46. The van der Waals surface area contributed by atoms with Crippen molar-refractivity contribution in [3.63, 3.8) is 0 Å². The van der Waals surface area contributed by atoms with E-state index in [1.807, 2.05) is 32.9 Å². The maximum atomic E-state index is 12.5. The maximum Gasteiger partial charge on any atom is 0.407 e. The highest BCUT2D eigenvalue weighted by molar-refractivity contribution is 5.76. The Balaban J connectivity index is 1.89. The number of esters is 1. The second kappa shape index (κ2) is 8.71. The van der Waals surface area contributed by atoms with E-state index in [2.05, 4.69) is 10.2 Å². The predicted molar refractivity (Wildman–Crippen MR) is 111 cm³/mol. The average Bonchev–Trinajstić information content (AvgIpc) is 2.70. The molecule has 0 aromatic heterocycles. The van der Waals surface area contributed by atoms with Crippen LogP contribution in [0.5, 0.6) is 11.5 Å². The van der Waals surface area contributed by atoms with Crippen molar-refractivity contribution in [3.8, 4) is 11.5 Å². The summed E-state index contributed by atoms with van der Waals surface area (Å²) in [5, 5.41) is 2.91. The van der Waals surface area contributed by atoms with Crippen LogP contribution in [0, 0.1) is 5.92 Å². The van der Waals surface area contributed by atoms with E-state index in [0.717, 1.165) is 18.5 Å². The van der Waals surface area contributed by atoms with Crippen molar-refractivity contribution in [2.45, 2.75) is 51.3 Å². The zero-order valence-corrected chi connectivity index (χ0v) is 18.6. The van der Waals surface area contributed by atoms with Crippen molar-refractivity contribution in [3.05, 3.63) is 23.3 Å². The van der Waals surface area contributed by atoms with Crippen molar-refractivity contribution in [1.29, 1.82) is 0 Å². The number of nitrogens with one attached hydrogen (secondary N) is 1. The summed E-state index contributed by atoms with van der Waals surface area (Å²) in [6.45, 7) is 6.75. The SMILES string of the molecule is COC(=O)C1CN2CCc3cc(OC)c(OC)cc3C2CC1NC(=O)OC(C)(C)C. The molecule has 2 aliphatic rings. The molecule has 166 valence electrons. The van der Waals surface area contributed by atoms with Gasteiger partial charge in [0, 0.05) is 25.2 Å². The van der Waals surface area contributed by atoms with Crippen LogP contribution in [-0.4, -0.2) is 63.0 Å². The molecule has 1 aromatic rings. The van der Waals surface area contributed by atoms with Gasteiger partial charge in [0.2, 0.25) is 0 Å². The maximum absolute atomic E-state index is 12.5. The van der Waals surface area contributed by atoms with Gasteiger partial charge < -0.3 is 24.3 Å². The van der Waals surface area contributed by atoms with Gasteiger partial charge in [0.25, 0.3) is 0 Å². The van der Waals surface area contributed by atoms with Crippen LogP contribution in [-0.2, 0) is 20.7 Å². The minimum Gasteiger partial charge on any atom is -0.493 e. The third-order valence-electron chi connectivity index (χ3n) is 5.71. The number of amides is 1. The number of hydrogen-bond donors (Lipinski definition) is 1. The fourth-order valence-electron chi connectivity index (χ4n) is 4.37. The number of carbonyl (C=O) groups is 2. The Morgan fingerprint density at radius 1 is 1.10 bits per heavy atom. The predicted octanol–water partition coefficient (Wildman–Crippen LogP) is 2.69. The number of carbonyl (C=O) groups excluding carboxylic acids is 2. The Morgan fingerprint density at radius 3 is 2.37 bits per heavy atom. The van der Waals surface area contributed by atoms with Gasteiger partial charge in [-0.05, 0) is 56.9 Å². The van der Waals surface area contributed by atoms with Crippen LogP contribution in [0.1, 0.15) is 44.4 Å². The summed E-state index contributed by atoms with van der Waals surface area (Å²) < 4.78 is 21.4. The first kappa shape index (κ1) is 22.2. The first-order valence-electron chi connectivity index (χ1n) is 10.2. The van der Waals surface area contributed by atoms with E-state index in [1.165, 1.54) is 12.7 Å². The van der Waals surface area contributed by atoms with Gasteiger partial charge in [0.05, 0.1) is 27.2 Å². The van der Waals surface area contributed by atoms with Crippen LogP contribution in [0.2, 0.25) is 0 Å². The summed E-state index contributed by atoms with van der Waals surface area (Å²) in [6, 6.07) is 3.68. The molecule has 30 heavy (non-hydrogen) atoms. The van der Waals surface area contributed by atoms with E-state index in [9.17, 15) is 9.59 Å². The first-order valence-corrected chi connectivity index (χ1v) is 10.2. The standard InChI is InChI=1S/C22H32N2O6/c1-22(2,3)30-21(26)23-16-11-17-14-10-19(28-5)18(27-4)9-13(14)7-8-24(17)12-15(16)20(25)29-6/h9-10,15-17H,7-8,11-12H2,1-6H3,(H,23,26). The van der Waals surface area contributed by atoms with Crippen LogP contribution in [0.15, 0.2) is 12.1 Å². The molecular weight excluding hydrogens is 388 g/mol. The lowest BCUT2D eigenvalue weighted by molar-refractivity contribution is -0.149. The zero-order valence-electron chi connectivity index (χ0n) is 18.6. The molecule has 3 atom stereocenters. The molecule has 1 fully saturated rings. The monoisotopic (exact) mass is 420 g/mol. The summed E-state index contributed by atoms with van der Waals surface area (Å²) in [6.07, 6.45) is 0.893. The van der Waals surface area contributed by atoms with E-state index in [4.69, 9.17) is 18.9 Å². The molecule has 1 N–H and O–H groups in total. The zero-order chi connectivity index (χ0) is 22.1. The molecule has 3 rings (SSSR count). The molecule has 0 saturated carbocycles. The Hall–Kier alpha value is -2.48. The lowest BCUT2D eigenvalue weighted by Crippen LogP contribution is -2.56. The molecule has 1 amide bonds. The highest BCUT2D eigenvalue weighted by Gasteiger charge is 2.43. The van der Waals surface area contributed by atoms with Crippen molar-refractivity contribution < 1.29 is 28.5 Å². The summed E-state index contributed by atoms with van der Waals surface area (Å²) in [7, 11) is 4.62. The number of hydrogen-bond acceptors (Lipinski definition) is 7.